The highest BCUT2D eigenvalue weighted by Gasteiger charge is 2.32. The predicted molar refractivity (Wildman–Crippen MR) is 152 cm³/mol. The summed E-state index contributed by atoms with van der Waals surface area (Å²) < 4.78 is 29.5. The number of amidine groups is 1. The van der Waals surface area contributed by atoms with Crippen LogP contribution in [0.3, 0.4) is 0 Å². The molecule has 0 radical (unpaired) electrons. The lowest BCUT2D eigenvalue weighted by molar-refractivity contribution is -0.114. The number of hydrazine groups is 1. The van der Waals surface area contributed by atoms with E-state index in [2.05, 4.69) is 20.8 Å². The molecule has 2 aromatic rings. The van der Waals surface area contributed by atoms with Crippen LogP contribution in [0.15, 0.2) is 53.5 Å². The number of hydrogen-bond donors (Lipinski definition) is 5. The van der Waals surface area contributed by atoms with Crippen molar-refractivity contribution in [1.82, 2.24) is 25.1 Å². The largest absolute Gasteiger partial charge is 0.389 e. The van der Waals surface area contributed by atoms with Crippen LogP contribution in [0, 0.1) is 13.8 Å². The summed E-state index contributed by atoms with van der Waals surface area (Å²) in [7, 11) is 0. The van der Waals surface area contributed by atoms with Gasteiger partial charge in [0.05, 0.1) is 29.6 Å². The van der Waals surface area contributed by atoms with Gasteiger partial charge in [0, 0.05) is 40.4 Å². The van der Waals surface area contributed by atoms with Crippen LogP contribution < -0.4 is 22.2 Å². The Labute approximate surface area is 236 Å². The van der Waals surface area contributed by atoms with Gasteiger partial charge in [-0.05, 0) is 52.7 Å². The fourth-order valence-corrected chi connectivity index (χ4v) is 4.92. The second-order valence-electron chi connectivity index (χ2n) is 11.2. The average molecular weight is 568 g/mol. The molecule has 0 saturated heterocycles. The zero-order valence-electron chi connectivity index (χ0n) is 23.4. The fraction of sp³-hybridized carbons (Fsp3) is 0.393. The molecule has 41 heavy (non-hydrogen) atoms. The molecule has 2 aliphatic heterocycles. The SMILES string of the molecule is Cc1nn(CC(C)(C)O)c(C)c1C1=CN2C(C(=O)Nc3cc(/C(N)=N/N(N)C4CC4)ccc3C(F)F)=CNC2C=C1. The molecular formula is C28H35F2N9O2. The Hall–Kier alpha value is -4.23. The lowest BCUT2D eigenvalue weighted by Crippen LogP contribution is -2.36. The second kappa shape index (κ2) is 10.6. The number of benzene rings is 1. The number of aryl methyl sites for hydroxylation is 1. The molecule has 1 unspecified atom stereocenters. The third-order valence-electron chi connectivity index (χ3n) is 7.12. The number of aliphatic hydroxyl groups is 1. The molecule has 11 nitrogen and oxygen atoms in total. The number of carbonyl (C=O) groups is 1. The highest BCUT2D eigenvalue weighted by atomic mass is 19.3. The fourth-order valence-electron chi connectivity index (χ4n) is 4.92. The number of hydrazone groups is 1. The summed E-state index contributed by atoms with van der Waals surface area (Å²) in [5, 5.41) is 26.1. The number of halogens is 2. The van der Waals surface area contributed by atoms with Gasteiger partial charge in [-0.25, -0.2) is 19.7 Å². The number of hydrogen-bond acceptors (Lipinski definition) is 8. The first kappa shape index (κ1) is 28.3. The number of carbonyl (C=O) groups excluding carboxylic acids is 1. The van der Waals surface area contributed by atoms with Gasteiger partial charge in [-0.15, -0.1) is 5.10 Å². The van der Waals surface area contributed by atoms with E-state index in [-0.39, 0.29) is 35.0 Å². The summed E-state index contributed by atoms with van der Waals surface area (Å²) in [6.07, 6.45) is 5.88. The standard InChI is InChI=1S/C28H35F2N9O2/c1-15-24(16(2)38(35-15)14-28(3,4)41)18-6-10-23-33-12-22(37(23)13-18)27(40)34-21-11-17(5-9-20(21)25(29)30)26(31)36-39(32)19-7-8-19/h5-6,9-13,19,23,25,33,41H,7-8,14,32H2,1-4H3,(H2,31,36)(H,34,40). The Morgan fingerprint density at radius 3 is 2.73 bits per heavy atom. The molecule has 0 spiro atoms. The van der Waals surface area contributed by atoms with E-state index < -0.39 is 17.9 Å². The molecule has 1 atom stereocenters. The molecule has 1 aromatic heterocycles. The summed E-state index contributed by atoms with van der Waals surface area (Å²) in [4.78, 5) is 15.2. The molecule has 7 N–H and O–H groups in total. The summed E-state index contributed by atoms with van der Waals surface area (Å²) >= 11 is 0. The first-order valence-electron chi connectivity index (χ1n) is 13.4. The summed E-state index contributed by atoms with van der Waals surface area (Å²) in [6.45, 7) is 7.57. The molecule has 1 fully saturated rings. The molecular weight excluding hydrogens is 532 g/mol. The average Bonchev–Trinajstić information content (AvgIpc) is 3.60. The number of nitrogens with two attached hydrogens (primary N) is 2. The van der Waals surface area contributed by atoms with Crippen molar-refractivity contribution >= 4 is 23.0 Å². The molecule has 0 bridgehead atoms. The van der Waals surface area contributed by atoms with Crippen LogP contribution in [0.1, 0.15) is 61.2 Å². The van der Waals surface area contributed by atoms with Gasteiger partial charge in [0.1, 0.15) is 11.9 Å². The second-order valence-corrected chi connectivity index (χ2v) is 11.2. The third kappa shape index (κ3) is 5.95. The van der Waals surface area contributed by atoms with Crippen LogP contribution in [-0.2, 0) is 11.3 Å². The van der Waals surface area contributed by atoms with E-state index in [0.29, 0.717) is 12.1 Å². The maximum absolute atomic E-state index is 13.9. The minimum atomic E-state index is -2.82. The van der Waals surface area contributed by atoms with E-state index in [1.807, 2.05) is 32.2 Å². The zero-order chi connectivity index (χ0) is 29.6. The topological polar surface area (TPSA) is 150 Å². The van der Waals surface area contributed by atoms with Gasteiger partial charge in [-0.3, -0.25) is 9.48 Å². The van der Waals surface area contributed by atoms with Gasteiger partial charge in [-0.2, -0.15) is 5.10 Å². The maximum atomic E-state index is 13.9. The lowest BCUT2D eigenvalue weighted by atomic mass is 10.0. The number of alkyl halides is 2. The number of nitrogens with zero attached hydrogens (tertiary/aromatic N) is 5. The zero-order valence-corrected chi connectivity index (χ0v) is 23.4. The summed E-state index contributed by atoms with van der Waals surface area (Å²) in [5.41, 5.74) is 8.68. The maximum Gasteiger partial charge on any atom is 0.273 e. The van der Waals surface area contributed by atoms with Crippen molar-refractivity contribution in [3.05, 3.63) is 76.5 Å². The molecule has 5 rings (SSSR count). The van der Waals surface area contributed by atoms with E-state index in [1.54, 1.807) is 29.6 Å². The van der Waals surface area contributed by atoms with Gasteiger partial charge in [0.25, 0.3) is 12.3 Å². The number of anilines is 1. The predicted octanol–water partition coefficient (Wildman–Crippen LogP) is 2.79. The van der Waals surface area contributed by atoms with Crippen molar-refractivity contribution in [2.75, 3.05) is 5.32 Å². The quantitative estimate of drug-likeness (QED) is 0.134. The number of allylic oxidation sites excluding steroid dienone is 2. The molecule has 3 aliphatic rings. The van der Waals surface area contributed by atoms with Crippen molar-refractivity contribution in [3.8, 4) is 0 Å². The Morgan fingerprint density at radius 2 is 2.07 bits per heavy atom. The summed E-state index contributed by atoms with van der Waals surface area (Å²) in [6, 6.07) is 4.14. The molecule has 1 aromatic carbocycles. The van der Waals surface area contributed by atoms with E-state index in [0.717, 1.165) is 35.4 Å². The Kier molecular flexibility index (Phi) is 7.34. The van der Waals surface area contributed by atoms with Gasteiger partial charge >= 0.3 is 0 Å². The monoisotopic (exact) mass is 567 g/mol. The van der Waals surface area contributed by atoms with Crippen molar-refractivity contribution < 1.29 is 18.7 Å². The van der Waals surface area contributed by atoms with E-state index >= 15 is 0 Å². The van der Waals surface area contributed by atoms with Gasteiger partial charge in [-0.1, -0.05) is 18.2 Å². The summed E-state index contributed by atoms with van der Waals surface area (Å²) in [5.74, 6) is 5.37. The third-order valence-corrected chi connectivity index (χ3v) is 7.12. The van der Waals surface area contributed by atoms with E-state index in [1.165, 1.54) is 23.3 Å². The van der Waals surface area contributed by atoms with Gasteiger partial charge in [0.2, 0.25) is 0 Å². The number of amides is 1. The van der Waals surface area contributed by atoms with Crippen LogP contribution in [0.5, 0.6) is 0 Å². The molecule has 218 valence electrons. The number of fused-ring (bicyclic) bond motifs is 1. The number of nitrogens with one attached hydrogen (secondary N) is 2. The normalized spacial score (nSPS) is 18.7. The lowest BCUT2D eigenvalue weighted by Gasteiger charge is -2.27. The molecule has 1 aliphatic carbocycles. The number of aromatic nitrogens is 2. The highest BCUT2D eigenvalue weighted by Crippen LogP contribution is 2.33. The Balaban J connectivity index is 1.40. The van der Waals surface area contributed by atoms with Crippen LogP contribution in [0.2, 0.25) is 0 Å². The van der Waals surface area contributed by atoms with Crippen LogP contribution in [0.4, 0.5) is 14.5 Å². The van der Waals surface area contributed by atoms with Crippen molar-refractivity contribution in [3.63, 3.8) is 0 Å². The first-order valence-corrected chi connectivity index (χ1v) is 13.4. The van der Waals surface area contributed by atoms with Crippen LogP contribution in [0.25, 0.3) is 5.57 Å². The number of rotatable bonds is 9. The highest BCUT2D eigenvalue weighted by molar-refractivity contribution is 6.06. The Morgan fingerprint density at radius 1 is 1.34 bits per heavy atom. The first-order chi connectivity index (χ1) is 19.3. The van der Waals surface area contributed by atoms with E-state index in [4.69, 9.17) is 11.6 Å². The van der Waals surface area contributed by atoms with Crippen molar-refractivity contribution in [1.29, 1.82) is 0 Å². The van der Waals surface area contributed by atoms with Crippen molar-refractivity contribution in [2.24, 2.45) is 16.7 Å². The molecule has 3 heterocycles. The molecule has 13 heteroatoms. The minimum Gasteiger partial charge on any atom is -0.389 e. The minimum absolute atomic E-state index is 0.0575. The van der Waals surface area contributed by atoms with Crippen LogP contribution in [-0.4, -0.2) is 54.5 Å². The van der Waals surface area contributed by atoms with Crippen molar-refractivity contribution in [2.45, 2.75) is 71.3 Å². The molecule has 1 saturated carbocycles. The Bertz CT molecular complexity index is 1480. The van der Waals surface area contributed by atoms with Gasteiger partial charge < -0.3 is 26.4 Å². The van der Waals surface area contributed by atoms with Gasteiger partial charge in [0.15, 0.2) is 5.84 Å². The smallest absolute Gasteiger partial charge is 0.273 e. The van der Waals surface area contributed by atoms with Crippen LogP contribution >= 0.6 is 0 Å². The molecule has 1 amide bonds. The van der Waals surface area contributed by atoms with E-state index in [9.17, 15) is 18.7 Å².